The van der Waals surface area contributed by atoms with Gasteiger partial charge in [-0.15, -0.1) is 4.99 Å². The number of hydrogen-bond donors (Lipinski definition) is 1. The first-order valence-corrected chi connectivity index (χ1v) is 8.35. The highest BCUT2D eigenvalue weighted by atomic mass is 32.2. The van der Waals surface area contributed by atoms with Crippen LogP contribution in [0, 0.1) is 21.6 Å². The van der Waals surface area contributed by atoms with E-state index in [2.05, 4.69) is 4.99 Å². The molecule has 0 spiro atoms. The second-order valence-electron chi connectivity index (χ2n) is 6.11. The molecule has 8 nitrogen and oxygen atoms in total. The number of thioether (sulfide) groups is 1. The molecule has 1 fully saturated rings. The summed E-state index contributed by atoms with van der Waals surface area (Å²) in [5.41, 5.74) is -0.414. The van der Waals surface area contributed by atoms with Gasteiger partial charge in [-0.05, 0) is 19.9 Å². The molecular formula is C15H16N4O4S. The number of nitrogens with zero attached hydrogens (tertiary/aromatic N) is 4. The number of non-ortho nitro benzene ring substituents is 1. The van der Waals surface area contributed by atoms with Crippen molar-refractivity contribution in [3.8, 4) is 11.9 Å². The number of aliphatic hydroxyl groups excluding tert-OH is 1. The van der Waals surface area contributed by atoms with E-state index in [0.717, 1.165) is 5.75 Å². The van der Waals surface area contributed by atoms with Gasteiger partial charge in [0.15, 0.2) is 5.17 Å². The van der Waals surface area contributed by atoms with Crippen molar-refractivity contribution in [1.82, 2.24) is 4.90 Å². The van der Waals surface area contributed by atoms with Gasteiger partial charge in [0, 0.05) is 30.0 Å². The first-order chi connectivity index (χ1) is 11.3. The number of fused-ring (bicyclic) bond motifs is 1. The van der Waals surface area contributed by atoms with Gasteiger partial charge in [0.1, 0.15) is 17.5 Å². The Kier molecular flexibility index (Phi) is 4.11. The van der Waals surface area contributed by atoms with E-state index in [0.29, 0.717) is 23.0 Å². The van der Waals surface area contributed by atoms with E-state index in [1.807, 2.05) is 4.90 Å². The van der Waals surface area contributed by atoms with Crippen LogP contribution in [0.15, 0.2) is 23.2 Å². The Bertz CT molecular complexity index is 758. The zero-order valence-electron chi connectivity index (χ0n) is 13.2. The maximum Gasteiger partial charge on any atom is 0.270 e. The van der Waals surface area contributed by atoms with Gasteiger partial charge in [-0.1, -0.05) is 11.8 Å². The Labute approximate surface area is 142 Å². The molecule has 0 radical (unpaired) electrons. The van der Waals surface area contributed by atoms with E-state index >= 15 is 0 Å². The third kappa shape index (κ3) is 2.68. The van der Waals surface area contributed by atoms with Crippen LogP contribution in [0.4, 0.5) is 5.69 Å². The Hall–Kier alpha value is -2.31. The fourth-order valence-electron chi connectivity index (χ4n) is 3.02. The molecule has 2 aliphatic rings. The highest BCUT2D eigenvalue weighted by Gasteiger charge is 2.47. The van der Waals surface area contributed by atoms with E-state index in [1.165, 1.54) is 23.9 Å². The Morgan fingerprint density at radius 2 is 2.33 bits per heavy atom. The van der Waals surface area contributed by atoms with E-state index in [4.69, 9.17) is 10.00 Å². The minimum atomic E-state index is -0.936. The number of nitro groups is 1. The molecule has 0 aliphatic carbocycles. The van der Waals surface area contributed by atoms with Crippen molar-refractivity contribution < 1.29 is 14.8 Å². The Morgan fingerprint density at radius 1 is 1.58 bits per heavy atom. The highest BCUT2D eigenvalue weighted by Crippen LogP contribution is 2.45. The largest absolute Gasteiger partial charge is 0.485 e. The first kappa shape index (κ1) is 16.5. The molecule has 1 aromatic rings. The van der Waals surface area contributed by atoms with Crippen molar-refractivity contribution >= 4 is 22.6 Å². The quantitative estimate of drug-likeness (QED) is 0.494. The van der Waals surface area contributed by atoms with Gasteiger partial charge < -0.3 is 14.7 Å². The normalized spacial score (nSPS) is 26.6. The monoisotopic (exact) mass is 348 g/mol. The molecule has 1 saturated heterocycles. The molecule has 1 aromatic carbocycles. The van der Waals surface area contributed by atoms with E-state index in [1.54, 1.807) is 26.1 Å². The molecule has 3 rings (SSSR count). The van der Waals surface area contributed by atoms with Crippen LogP contribution in [0.2, 0.25) is 0 Å². The van der Waals surface area contributed by atoms with Gasteiger partial charge in [0.05, 0.1) is 11.0 Å². The molecule has 2 aliphatic heterocycles. The molecule has 0 unspecified atom stereocenters. The lowest BCUT2D eigenvalue weighted by molar-refractivity contribution is -0.385. The van der Waals surface area contributed by atoms with E-state index in [9.17, 15) is 15.2 Å². The van der Waals surface area contributed by atoms with Gasteiger partial charge in [-0.2, -0.15) is 5.26 Å². The van der Waals surface area contributed by atoms with E-state index < -0.39 is 22.7 Å². The maximum absolute atomic E-state index is 11.1. The first-order valence-electron chi connectivity index (χ1n) is 7.37. The summed E-state index contributed by atoms with van der Waals surface area (Å²) in [6, 6.07) is 3.79. The standard InChI is InChI=1S/C15H16N4O4S/c1-15(2)13(20)12(18-5-6-24-14(18)17-8-16)10-7-9(19(21)22)3-4-11(10)23-15/h3-4,7,12-13,20H,5-6H2,1-2H3/t12-,13+/m0/s1. The lowest BCUT2D eigenvalue weighted by Crippen LogP contribution is -2.53. The van der Waals surface area contributed by atoms with Crippen LogP contribution >= 0.6 is 11.8 Å². The zero-order valence-corrected chi connectivity index (χ0v) is 14.0. The summed E-state index contributed by atoms with van der Waals surface area (Å²) in [5.74, 6) is 1.23. The van der Waals surface area contributed by atoms with Crippen molar-refractivity contribution in [2.75, 3.05) is 12.3 Å². The molecule has 0 aromatic heterocycles. The molecule has 0 amide bonds. The number of aliphatic hydroxyl groups is 1. The summed E-state index contributed by atoms with van der Waals surface area (Å²) < 4.78 is 5.84. The second-order valence-corrected chi connectivity index (χ2v) is 7.17. The summed E-state index contributed by atoms with van der Waals surface area (Å²) in [7, 11) is 0. The third-order valence-electron chi connectivity index (χ3n) is 4.20. The molecule has 24 heavy (non-hydrogen) atoms. The number of amidine groups is 1. The predicted molar refractivity (Wildman–Crippen MR) is 88.8 cm³/mol. The van der Waals surface area contributed by atoms with Gasteiger partial charge in [0.2, 0.25) is 6.19 Å². The minimum absolute atomic E-state index is 0.0696. The molecular weight excluding hydrogens is 332 g/mol. The van der Waals surface area contributed by atoms with Crippen LogP contribution in [0.5, 0.6) is 5.75 Å². The topological polar surface area (TPSA) is 112 Å². The Balaban J connectivity index is 2.13. The fraction of sp³-hybridized carbons (Fsp3) is 0.467. The second kappa shape index (κ2) is 5.96. The van der Waals surface area contributed by atoms with Crippen molar-refractivity contribution in [2.45, 2.75) is 31.6 Å². The number of aliphatic imine (C=N–C) groups is 1. The molecule has 2 heterocycles. The minimum Gasteiger partial charge on any atom is -0.485 e. The summed E-state index contributed by atoms with van der Waals surface area (Å²) in [6.07, 6.45) is 0.837. The SMILES string of the molecule is CC1(C)Oc2ccc([N+](=O)[O-])cc2[C@H](N2CCSC2=NC#N)[C@H]1O. The smallest absolute Gasteiger partial charge is 0.270 e. The maximum atomic E-state index is 11.1. The van der Waals surface area contributed by atoms with Gasteiger partial charge in [0.25, 0.3) is 5.69 Å². The van der Waals surface area contributed by atoms with Crippen molar-refractivity contribution in [3.05, 3.63) is 33.9 Å². The molecule has 2 atom stereocenters. The lowest BCUT2D eigenvalue weighted by atomic mass is 9.85. The van der Waals surface area contributed by atoms with Crippen LogP contribution in [-0.4, -0.2) is 44.1 Å². The Morgan fingerprint density at radius 3 is 3.00 bits per heavy atom. The molecule has 126 valence electrons. The predicted octanol–water partition coefficient (Wildman–Crippen LogP) is 2.05. The molecule has 0 saturated carbocycles. The number of ether oxygens (including phenoxy) is 1. The molecule has 9 heteroatoms. The van der Waals surface area contributed by atoms with E-state index in [-0.39, 0.29) is 5.69 Å². The number of nitriles is 1. The highest BCUT2D eigenvalue weighted by molar-refractivity contribution is 8.14. The molecule has 0 bridgehead atoms. The van der Waals surface area contributed by atoms with Crippen LogP contribution < -0.4 is 4.74 Å². The lowest BCUT2D eigenvalue weighted by Gasteiger charge is -2.45. The van der Waals surface area contributed by atoms with Crippen LogP contribution in [-0.2, 0) is 0 Å². The van der Waals surface area contributed by atoms with Gasteiger partial charge >= 0.3 is 0 Å². The number of hydrogen-bond acceptors (Lipinski definition) is 7. The van der Waals surface area contributed by atoms with Crippen LogP contribution in [0.3, 0.4) is 0 Å². The van der Waals surface area contributed by atoms with Crippen molar-refractivity contribution in [2.24, 2.45) is 4.99 Å². The van der Waals surface area contributed by atoms with Gasteiger partial charge in [-0.25, -0.2) is 0 Å². The summed E-state index contributed by atoms with van der Waals surface area (Å²) in [6.45, 7) is 4.11. The third-order valence-corrected chi connectivity index (χ3v) is 5.17. The number of rotatable bonds is 2. The summed E-state index contributed by atoms with van der Waals surface area (Å²) >= 11 is 1.42. The zero-order chi connectivity index (χ0) is 17.5. The van der Waals surface area contributed by atoms with Gasteiger partial charge in [-0.3, -0.25) is 10.1 Å². The van der Waals surface area contributed by atoms with Crippen LogP contribution in [0.25, 0.3) is 0 Å². The van der Waals surface area contributed by atoms with Crippen LogP contribution in [0.1, 0.15) is 25.5 Å². The average Bonchev–Trinajstić information content (AvgIpc) is 2.96. The van der Waals surface area contributed by atoms with Crippen molar-refractivity contribution in [3.63, 3.8) is 0 Å². The number of nitro benzene ring substituents is 1. The molecule has 1 N–H and O–H groups in total. The average molecular weight is 348 g/mol. The summed E-state index contributed by atoms with van der Waals surface area (Å²) in [4.78, 5) is 16.3. The summed E-state index contributed by atoms with van der Waals surface area (Å²) in [5, 5.41) is 31.3. The van der Waals surface area contributed by atoms with Crippen molar-refractivity contribution in [1.29, 1.82) is 5.26 Å². The number of benzene rings is 1. The fourth-order valence-corrected chi connectivity index (χ4v) is 3.96.